The summed E-state index contributed by atoms with van der Waals surface area (Å²) in [5.74, 6) is -2.15. The van der Waals surface area contributed by atoms with Crippen molar-refractivity contribution in [3.05, 3.63) is 24.2 Å². The zero-order valence-electron chi connectivity index (χ0n) is 8.92. The summed E-state index contributed by atoms with van der Waals surface area (Å²) in [6, 6.07) is 3.45. The normalized spacial score (nSPS) is 20.9. The molecule has 1 saturated carbocycles. The van der Waals surface area contributed by atoms with Crippen molar-refractivity contribution in [3.63, 3.8) is 0 Å². The molecule has 1 aliphatic carbocycles. The first-order chi connectivity index (χ1) is 7.57. The van der Waals surface area contributed by atoms with Crippen LogP contribution in [0, 0.1) is 5.92 Å². The van der Waals surface area contributed by atoms with Crippen molar-refractivity contribution in [3.8, 4) is 0 Å². The molecule has 0 saturated heterocycles. The van der Waals surface area contributed by atoms with Crippen molar-refractivity contribution in [2.24, 2.45) is 5.92 Å². The molecule has 2 nitrogen and oxygen atoms in total. The van der Waals surface area contributed by atoms with Crippen LogP contribution in [0.3, 0.4) is 0 Å². The molecule has 2 rings (SSSR count). The Labute approximate surface area is 92.6 Å². The molecule has 1 aliphatic rings. The number of hydrogen-bond acceptors (Lipinski definition) is 2. The largest absolute Gasteiger partial charge is 0.469 e. The van der Waals surface area contributed by atoms with Crippen molar-refractivity contribution in [1.29, 1.82) is 0 Å². The fourth-order valence-corrected chi connectivity index (χ4v) is 2.09. The molecule has 0 radical (unpaired) electrons. The van der Waals surface area contributed by atoms with Gasteiger partial charge in [0.15, 0.2) is 0 Å². The molecule has 88 valence electrons. The average molecular weight is 228 g/mol. The van der Waals surface area contributed by atoms with Gasteiger partial charge in [0.25, 0.3) is 0 Å². The van der Waals surface area contributed by atoms with Crippen LogP contribution >= 0.6 is 0 Å². The third-order valence-electron chi connectivity index (χ3n) is 3.10. The molecular weight excluding hydrogens is 214 g/mol. The number of alkyl halides is 2. The van der Waals surface area contributed by atoms with Gasteiger partial charge in [0.1, 0.15) is 11.5 Å². The lowest BCUT2D eigenvalue weighted by Gasteiger charge is -2.27. The number of carbonyl (C=O) groups excluding carboxylic acids is 1. The highest BCUT2D eigenvalue weighted by Gasteiger charge is 2.37. The van der Waals surface area contributed by atoms with Gasteiger partial charge in [-0.25, -0.2) is 8.78 Å². The molecule has 0 aliphatic heterocycles. The molecule has 0 aromatic carbocycles. The summed E-state index contributed by atoms with van der Waals surface area (Å²) in [5, 5.41) is 0. The summed E-state index contributed by atoms with van der Waals surface area (Å²) in [5.41, 5.74) is 0. The maximum absolute atomic E-state index is 12.9. The van der Waals surface area contributed by atoms with Crippen LogP contribution in [-0.4, -0.2) is 11.7 Å². The Morgan fingerprint density at radius 3 is 2.69 bits per heavy atom. The maximum Gasteiger partial charge on any atom is 0.248 e. The summed E-state index contributed by atoms with van der Waals surface area (Å²) >= 11 is 0. The van der Waals surface area contributed by atoms with E-state index in [1.165, 1.54) is 6.26 Å². The van der Waals surface area contributed by atoms with Gasteiger partial charge in [-0.05, 0) is 25.0 Å². The molecule has 0 amide bonds. The van der Waals surface area contributed by atoms with E-state index in [4.69, 9.17) is 4.42 Å². The zero-order valence-corrected chi connectivity index (χ0v) is 8.92. The standard InChI is InChI=1S/C12H14F2O2/c13-12(14)5-3-9(4-6-12)11(15)8-10-2-1-7-16-10/h1-2,7,9H,3-6,8H2. The summed E-state index contributed by atoms with van der Waals surface area (Å²) < 4.78 is 30.8. The van der Waals surface area contributed by atoms with Crippen LogP contribution < -0.4 is 0 Å². The Kier molecular flexibility index (Phi) is 3.08. The van der Waals surface area contributed by atoms with Crippen molar-refractivity contribution in [1.82, 2.24) is 0 Å². The number of hydrogen-bond donors (Lipinski definition) is 0. The summed E-state index contributed by atoms with van der Waals surface area (Å²) in [6.45, 7) is 0. The highest BCUT2D eigenvalue weighted by molar-refractivity contribution is 5.82. The van der Waals surface area contributed by atoms with Crippen molar-refractivity contribution in [2.45, 2.75) is 38.0 Å². The Bertz CT molecular complexity index is 347. The third-order valence-corrected chi connectivity index (χ3v) is 3.10. The van der Waals surface area contributed by atoms with E-state index >= 15 is 0 Å². The topological polar surface area (TPSA) is 30.2 Å². The van der Waals surface area contributed by atoms with E-state index in [-0.39, 0.29) is 31.0 Å². The molecule has 0 bridgehead atoms. The summed E-state index contributed by atoms with van der Waals surface area (Å²) in [6.07, 6.45) is 2.00. The highest BCUT2D eigenvalue weighted by atomic mass is 19.3. The molecule has 1 fully saturated rings. The van der Waals surface area contributed by atoms with Crippen LogP contribution in [0.4, 0.5) is 8.78 Å². The smallest absolute Gasteiger partial charge is 0.248 e. The van der Waals surface area contributed by atoms with Crippen molar-refractivity contribution < 1.29 is 18.0 Å². The SMILES string of the molecule is O=C(Cc1ccco1)C1CCC(F)(F)CC1. The Hall–Kier alpha value is -1.19. The molecule has 1 aromatic heterocycles. The van der Waals surface area contributed by atoms with Gasteiger partial charge in [-0.3, -0.25) is 4.79 Å². The molecule has 0 spiro atoms. The van der Waals surface area contributed by atoms with Gasteiger partial charge in [0.05, 0.1) is 12.7 Å². The van der Waals surface area contributed by atoms with Crippen molar-refractivity contribution in [2.75, 3.05) is 0 Å². The minimum atomic E-state index is -2.57. The molecule has 0 atom stereocenters. The fraction of sp³-hybridized carbons (Fsp3) is 0.583. The quantitative estimate of drug-likeness (QED) is 0.795. The lowest BCUT2D eigenvalue weighted by atomic mass is 9.83. The number of ketones is 1. The Morgan fingerprint density at radius 2 is 2.12 bits per heavy atom. The minimum absolute atomic E-state index is 0.0189. The Balaban J connectivity index is 1.87. The van der Waals surface area contributed by atoms with E-state index in [9.17, 15) is 13.6 Å². The second kappa shape index (κ2) is 4.36. The van der Waals surface area contributed by atoms with Crippen LogP contribution in [0.25, 0.3) is 0 Å². The van der Waals surface area contributed by atoms with E-state index in [2.05, 4.69) is 0 Å². The minimum Gasteiger partial charge on any atom is -0.469 e. The highest BCUT2D eigenvalue weighted by Crippen LogP contribution is 2.36. The van der Waals surface area contributed by atoms with Crippen LogP contribution in [0.2, 0.25) is 0 Å². The predicted molar refractivity (Wildman–Crippen MR) is 54.3 cm³/mol. The van der Waals surface area contributed by atoms with Gasteiger partial charge in [-0.15, -0.1) is 0 Å². The Morgan fingerprint density at radius 1 is 1.44 bits per heavy atom. The number of Topliss-reactive ketones (excluding diaryl/α,β-unsaturated/α-hetero) is 1. The molecular formula is C12H14F2O2. The first kappa shape index (κ1) is 11.3. The van der Waals surface area contributed by atoms with Gasteiger partial charge in [-0.1, -0.05) is 0 Å². The summed E-state index contributed by atoms with van der Waals surface area (Å²) in [4.78, 5) is 11.8. The summed E-state index contributed by atoms with van der Waals surface area (Å²) in [7, 11) is 0. The van der Waals surface area contributed by atoms with Gasteiger partial charge in [0, 0.05) is 18.8 Å². The number of carbonyl (C=O) groups is 1. The average Bonchev–Trinajstić information content (AvgIpc) is 2.70. The fourth-order valence-electron chi connectivity index (χ4n) is 2.09. The van der Waals surface area contributed by atoms with E-state index in [1.54, 1.807) is 12.1 Å². The zero-order chi connectivity index (χ0) is 11.6. The van der Waals surface area contributed by atoms with Gasteiger partial charge >= 0.3 is 0 Å². The second-order valence-corrected chi connectivity index (χ2v) is 4.35. The molecule has 1 heterocycles. The monoisotopic (exact) mass is 228 g/mol. The molecule has 16 heavy (non-hydrogen) atoms. The van der Waals surface area contributed by atoms with Crippen LogP contribution in [0.1, 0.15) is 31.4 Å². The van der Waals surface area contributed by atoms with E-state index in [1.807, 2.05) is 0 Å². The maximum atomic E-state index is 12.9. The number of halogens is 2. The van der Waals surface area contributed by atoms with Gasteiger partial charge in [-0.2, -0.15) is 0 Å². The van der Waals surface area contributed by atoms with Gasteiger partial charge in [0.2, 0.25) is 5.92 Å². The lowest BCUT2D eigenvalue weighted by molar-refractivity contribution is -0.126. The molecule has 1 aromatic rings. The number of rotatable bonds is 3. The lowest BCUT2D eigenvalue weighted by Crippen LogP contribution is -2.29. The predicted octanol–water partition coefficient (Wildman–Crippen LogP) is 3.22. The van der Waals surface area contributed by atoms with Gasteiger partial charge < -0.3 is 4.42 Å². The first-order valence-electron chi connectivity index (χ1n) is 5.50. The molecule has 0 unspecified atom stereocenters. The number of furan rings is 1. The van der Waals surface area contributed by atoms with E-state index in [0.29, 0.717) is 18.6 Å². The van der Waals surface area contributed by atoms with E-state index < -0.39 is 5.92 Å². The van der Waals surface area contributed by atoms with E-state index in [0.717, 1.165) is 0 Å². The van der Waals surface area contributed by atoms with Crippen LogP contribution in [-0.2, 0) is 11.2 Å². The third kappa shape index (κ3) is 2.68. The van der Waals surface area contributed by atoms with Crippen LogP contribution in [0.15, 0.2) is 22.8 Å². The first-order valence-corrected chi connectivity index (χ1v) is 5.50. The molecule has 0 N–H and O–H groups in total. The van der Waals surface area contributed by atoms with Crippen LogP contribution in [0.5, 0.6) is 0 Å². The van der Waals surface area contributed by atoms with Crippen molar-refractivity contribution >= 4 is 5.78 Å². The second-order valence-electron chi connectivity index (χ2n) is 4.35. The molecule has 4 heteroatoms.